The molecule has 1 rings (SSSR count). The highest BCUT2D eigenvalue weighted by molar-refractivity contribution is 7.88. The first kappa shape index (κ1) is 8.01. The van der Waals surface area contributed by atoms with E-state index >= 15 is 0 Å². The Kier molecular flexibility index (Phi) is 2.01. The van der Waals surface area contributed by atoms with E-state index in [0.29, 0.717) is 0 Å². The first-order valence-electron chi connectivity index (χ1n) is 3.45. The molecular formula is C6H13NO2S. The van der Waals surface area contributed by atoms with Crippen LogP contribution in [0.3, 0.4) is 0 Å². The highest BCUT2D eigenvalue weighted by Gasteiger charge is 2.27. The van der Waals surface area contributed by atoms with E-state index in [1.54, 1.807) is 7.05 Å². The van der Waals surface area contributed by atoms with Crippen LogP contribution in [-0.2, 0) is 10.0 Å². The van der Waals surface area contributed by atoms with Gasteiger partial charge in [0.25, 0.3) is 0 Å². The van der Waals surface area contributed by atoms with Gasteiger partial charge in [-0.1, -0.05) is 6.42 Å². The van der Waals surface area contributed by atoms with Crippen molar-refractivity contribution < 1.29 is 8.42 Å². The number of hydrogen-bond donors (Lipinski definition) is 0. The van der Waals surface area contributed by atoms with Gasteiger partial charge in [-0.05, 0) is 12.8 Å². The molecule has 1 saturated carbocycles. The van der Waals surface area contributed by atoms with E-state index in [2.05, 4.69) is 0 Å². The Hall–Kier alpha value is -0.0900. The lowest BCUT2D eigenvalue weighted by atomic mass is 9.94. The van der Waals surface area contributed by atoms with E-state index in [1.807, 2.05) is 0 Å². The molecule has 1 aliphatic carbocycles. The molecule has 0 unspecified atom stereocenters. The molecule has 60 valence electrons. The van der Waals surface area contributed by atoms with Crippen molar-refractivity contribution in [2.45, 2.75) is 25.3 Å². The molecule has 0 amide bonds. The summed E-state index contributed by atoms with van der Waals surface area (Å²) in [5.74, 6) is 0. The van der Waals surface area contributed by atoms with E-state index in [0.717, 1.165) is 12.8 Å². The van der Waals surface area contributed by atoms with Crippen LogP contribution in [0.15, 0.2) is 0 Å². The number of sulfonamides is 1. The molecule has 1 aliphatic rings. The van der Waals surface area contributed by atoms with Crippen LogP contribution in [-0.4, -0.2) is 32.1 Å². The summed E-state index contributed by atoms with van der Waals surface area (Å²) in [6, 6.07) is 0.287. The second-order valence-corrected chi connectivity index (χ2v) is 4.91. The largest absolute Gasteiger partial charge is 0.213 e. The van der Waals surface area contributed by atoms with E-state index < -0.39 is 10.0 Å². The Morgan fingerprint density at radius 1 is 1.40 bits per heavy atom. The molecule has 0 heterocycles. The van der Waals surface area contributed by atoms with Gasteiger partial charge in [-0.25, -0.2) is 12.7 Å². The minimum absolute atomic E-state index is 0.287. The number of rotatable bonds is 2. The van der Waals surface area contributed by atoms with Crippen LogP contribution >= 0.6 is 0 Å². The zero-order valence-electron chi connectivity index (χ0n) is 6.37. The summed E-state index contributed by atoms with van der Waals surface area (Å²) in [7, 11) is -1.28. The molecule has 3 nitrogen and oxygen atoms in total. The molecule has 0 aromatic rings. The lowest BCUT2D eigenvalue weighted by molar-refractivity contribution is 0.251. The van der Waals surface area contributed by atoms with Gasteiger partial charge in [0.15, 0.2) is 0 Å². The van der Waals surface area contributed by atoms with Crippen molar-refractivity contribution >= 4 is 10.0 Å². The summed E-state index contributed by atoms with van der Waals surface area (Å²) in [5.41, 5.74) is 0. The van der Waals surface area contributed by atoms with Crippen molar-refractivity contribution in [2.24, 2.45) is 0 Å². The number of hydrogen-bond acceptors (Lipinski definition) is 2. The molecule has 0 bridgehead atoms. The Morgan fingerprint density at radius 2 is 1.90 bits per heavy atom. The molecule has 4 heteroatoms. The summed E-state index contributed by atoms with van der Waals surface area (Å²) in [5, 5.41) is 0. The lowest BCUT2D eigenvalue weighted by Crippen LogP contribution is -2.40. The van der Waals surface area contributed by atoms with E-state index in [9.17, 15) is 8.42 Å². The summed E-state index contributed by atoms with van der Waals surface area (Å²) in [4.78, 5) is 0. The van der Waals surface area contributed by atoms with Crippen LogP contribution in [0.1, 0.15) is 19.3 Å². The zero-order valence-corrected chi connectivity index (χ0v) is 7.19. The smallest absolute Gasteiger partial charge is 0.211 e. The van der Waals surface area contributed by atoms with Crippen LogP contribution in [0.4, 0.5) is 0 Å². The number of nitrogens with zero attached hydrogens (tertiary/aromatic N) is 1. The Labute approximate surface area is 62.1 Å². The van der Waals surface area contributed by atoms with Crippen LogP contribution in [0.25, 0.3) is 0 Å². The highest BCUT2D eigenvalue weighted by Crippen LogP contribution is 2.24. The SMILES string of the molecule is CN(C1CCC1)S(C)(=O)=O. The fourth-order valence-electron chi connectivity index (χ4n) is 1.02. The van der Waals surface area contributed by atoms with E-state index in [1.165, 1.54) is 17.0 Å². The predicted octanol–water partition coefficient (Wildman–Crippen LogP) is 0.430. The van der Waals surface area contributed by atoms with Crippen molar-refractivity contribution in [3.63, 3.8) is 0 Å². The van der Waals surface area contributed by atoms with Gasteiger partial charge in [-0.15, -0.1) is 0 Å². The monoisotopic (exact) mass is 163 g/mol. The van der Waals surface area contributed by atoms with Crippen molar-refractivity contribution in [1.29, 1.82) is 0 Å². The summed E-state index contributed by atoms with van der Waals surface area (Å²) < 4.78 is 23.3. The normalized spacial score (nSPS) is 21.1. The maximum absolute atomic E-state index is 10.9. The summed E-state index contributed by atoms with van der Waals surface area (Å²) >= 11 is 0. The van der Waals surface area contributed by atoms with Gasteiger partial charge in [-0.3, -0.25) is 0 Å². The third-order valence-electron chi connectivity index (χ3n) is 2.11. The summed E-state index contributed by atoms with van der Waals surface area (Å²) in [6.45, 7) is 0. The molecule has 0 aromatic heterocycles. The fraction of sp³-hybridized carbons (Fsp3) is 1.00. The van der Waals surface area contributed by atoms with E-state index in [4.69, 9.17) is 0 Å². The van der Waals surface area contributed by atoms with Crippen molar-refractivity contribution in [1.82, 2.24) is 4.31 Å². The predicted molar refractivity (Wildman–Crippen MR) is 40.2 cm³/mol. The third kappa shape index (κ3) is 1.49. The molecule has 0 N–H and O–H groups in total. The highest BCUT2D eigenvalue weighted by atomic mass is 32.2. The average molecular weight is 163 g/mol. The molecule has 0 atom stereocenters. The minimum atomic E-state index is -2.93. The second-order valence-electron chi connectivity index (χ2n) is 2.86. The third-order valence-corrected chi connectivity index (χ3v) is 3.46. The van der Waals surface area contributed by atoms with Gasteiger partial charge in [0, 0.05) is 13.1 Å². The van der Waals surface area contributed by atoms with Crippen LogP contribution in [0, 0.1) is 0 Å². The fourth-order valence-corrected chi connectivity index (χ4v) is 1.77. The minimum Gasteiger partial charge on any atom is -0.213 e. The Morgan fingerprint density at radius 3 is 2.00 bits per heavy atom. The average Bonchev–Trinajstić information content (AvgIpc) is 1.57. The Balaban J connectivity index is 2.56. The molecule has 1 fully saturated rings. The van der Waals surface area contributed by atoms with Crippen LogP contribution in [0.5, 0.6) is 0 Å². The van der Waals surface area contributed by atoms with Crippen molar-refractivity contribution in [2.75, 3.05) is 13.3 Å². The summed E-state index contributed by atoms with van der Waals surface area (Å²) in [6.07, 6.45) is 4.49. The molecule has 0 aromatic carbocycles. The van der Waals surface area contributed by atoms with Crippen molar-refractivity contribution in [3.8, 4) is 0 Å². The Bertz CT molecular complexity index is 206. The maximum atomic E-state index is 10.9. The van der Waals surface area contributed by atoms with Gasteiger partial charge in [0.1, 0.15) is 0 Å². The van der Waals surface area contributed by atoms with Crippen molar-refractivity contribution in [3.05, 3.63) is 0 Å². The van der Waals surface area contributed by atoms with Gasteiger partial charge < -0.3 is 0 Å². The molecule has 10 heavy (non-hydrogen) atoms. The lowest BCUT2D eigenvalue weighted by Gasteiger charge is -2.32. The standard InChI is InChI=1S/C6H13NO2S/c1-7(10(2,8)9)6-4-3-5-6/h6H,3-5H2,1-2H3. The van der Waals surface area contributed by atoms with Crippen LogP contribution < -0.4 is 0 Å². The molecule has 0 saturated heterocycles. The van der Waals surface area contributed by atoms with Gasteiger partial charge >= 0.3 is 0 Å². The van der Waals surface area contributed by atoms with Gasteiger partial charge in [-0.2, -0.15) is 0 Å². The van der Waals surface area contributed by atoms with Crippen LogP contribution in [0.2, 0.25) is 0 Å². The molecule has 0 radical (unpaired) electrons. The first-order valence-corrected chi connectivity index (χ1v) is 5.29. The topological polar surface area (TPSA) is 37.4 Å². The molecule has 0 spiro atoms. The van der Waals surface area contributed by atoms with Gasteiger partial charge in [0.05, 0.1) is 6.26 Å². The second kappa shape index (κ2) is 2.51. The van der Waals surface area contributed by atoms with E-state index in [-0.39, 0.29) is 6.04 Å². The molecule has 0 aliphatic heterocycles. The maximum Gasteiger partial charge on any atom is 0.211 e. The van der Waals surface area contributed by atoms with Gasteiger partial charge in [0.2, 0.25) is 10.0 Å². The molecular weight excluding hydrogens is 150 g/mol. The first-order chi connectivity index (χ1) is 4.52. The zero-order chi connectivity index (χ0) is 7.78. The quantitative estimate of drug-likeness (QED) is 0.592.